The van der Waals surface area contributed by atoms with Crippen LogP contribution in [0.2, 0.25) is 0 Å². The van der Waals surface area contributed by atoms with Crippen molar-refractivity contribution in [1.29, 1.82) is 0 Å². The monoisotopic (exact) mass is 177 g/mol. The van der Waals surface area contributed by atoms with Crippen molar-refractivity contribution in [2.24, 2.45) is 0 Å². The van der Waals surface area contributed by atoms with Crippen molar-refractivity contribution >= 4 is 0 Å². The molecule has 0 fully saturated rings. The maximum atomic E-state index is 5.17. The highest BCUT2D eigenvalue weighted by molar-refractivity contribution is 5.36. The van der Waals surface area contributed by atoms with Gasteiger partial charge in [0.2, 0.25) is 0 Å². The number of nitrogens with one attached hydrogen (secondary N) is 1. The Labute approximate surface area is 78.9 Å². The minimum absolute atomic E-state index is 0.739. The van der Waals surface area contributed by atoms with Gasteiger partial charge < -0.3 is 10.1 Å². The van der Waals surface area contributed by atoms with E-state index in [-0.39, 0.29) is 0 Å². The van der Waals surface area contributed by atoms with Gasteiger partial charge in [-0.05, 0) is 29.7 Å². The molecule has 1 heterocycles. The number of benzene rings is 1. The average Bonchev–Trinajstić information content (AvgIpc) is 2.19. The van der Waals surface area contributed by atoms with Crippen molar-refractivity contribution in [2.45, 2.75) is 19.6 Å². The molecule has 0 radical (unpaired) electrons. The number of hydrogen-bond donors (Lipinski definition) is 1. The molecule has 1 aliphatic heterocycles. The lowest BCUT2D eigenvalue weighted by Gasteiger charge is -2.19. The van der Waals surface area contributed by atoms with Crippen LogP contribution in [0, 0.1) is 0 Å². The topological polar surface area (TPSA) is 21.3 Å². The Morgan fingerprint density at radius 1 is 1.46 bits per heavy atom. The van der Waals surface area contributed by atoms with E-state index in [9.17, 15) is 0 Å². The second kappa shape index (κ2) is 3.90. The van der Waals surface area contributed by atoms with Crippen LogP contribution in [-0.4, -0.2) is 13.7 Å². The molecular weight excluding hydrogens is 162 g/mol. The van der Waals surface area contributed by atoms with Crippen LogP contribution in [0.5, 0.6) is 0 Å². The van der Waals surface area contributed by atoms with Crippen molar-refractivity contribution in [3.05, 3.63) is 34.9 Å². The summed E-state index contributed by atoms with van der Waals surface area (Å²) in [5, 5.41) is 3.37. The van der Waals surface area contributed by atoms with E-state index in [0.29, 0.717) is 0 Å². The molecule has 0 amide bonds. The molecule has 0 saturated heterocycles. The highest BCUT2D eigenvalue weighted by Crippen LogP contribution is 2.18. The van der Waals surface area contributed by atoms with Crippen LogP contribution >= 0.6 is 0 Å². The lowest BCUT2D eigenvalue weighted by molar-refractivity contribution is 0.184. The van der Waals surface area contributed by atoms with Crippen LogP contribution in [0.15, 0.2) is 18.2 Å². The quantitative estimate of drug-likeness (QED) is 0.738. The molecule has 2 rings (SSSR count). The highest BCUT2D eigenvalue weighted by atomic mass is 16.5. The Hall–Kier alpha value is -0.860. The molecule has 0 aliphatic carbocycles. The lowest BCUT2D eigenvalue weighted by Crippen LogP contribution is -2.24. The highest BCUT2D eigenvalue weighted by Gasteiger charge is 2.11. The van der Waals surface area contributed by atoms with Crippen molar-refractivity contribution in [3.8, 4) is 0 Å². The Morgan fingerprint density at radius 3 is 3.23 bits per heavy atom. The zero-order valence-electron chi connectivity index (χ0n) is 7.97. The van der Waals surface area contributed by atoms with Gasteiger partial charge in [-0.15, -0.1) is 0 Å². The van der Waals surface area contributed by atoms with Crippen molar-refractivity contribution < 1.29 is 4.74 Å². The summed E-state index contributed by atoms with van der Waals surface area (Å²) >= 11 is 0. The second-order valence-electron chi connectivity index (χ2n) is 3.41. The van der Waals surface area contributed by atoms with Gasteiger partial charge in [-0.2, -0.15) is 0 Å². The average molecular weight is 177 g/mol. The molecule has 0 atom stereocenters. The van der Waals surface area contributed by atoms with Gasteiger partial charge in [0.1, 0.15) is 0 Å². The van der Waals surface area contributed by atoms with Crippen LogP contribution in [0.4, 0.5) is 0 Å². The van der Waals surface area contributed by atoms with Gasteiger partial charge in [-0.1, -0.05) is 18.2 Å². The van der Waals surface area contributed by atoms with Crippen molar-refractivity contribution in [2.75, 3.05) is 13.7 Å². The predicted octanol–water partition coefficient (Wildman–Crippen LogP) is 1.48. The van der Waals surface area contributed by atoms with E-state index >= 15 is 0 Å². The molecule has 1 aliphatic rings. The number of hydrogen-bond acceptors (Lipinski definition) is 2. The first kappa shape index (κ1) is 8.73. The summed E-state index contributed by atoms with van der Waals surface area (Å²) in [7, 11) is 1.75. The summed E-state index contributed by atoms with van der Waals surface area (Å²) in [6.45, 7) is 2.84. The third kappa shape index (κ3) is 1.74. The fourth-order valence-corrected chi connectivity index (χ4v) is 1.90. The molecular formula is C11H15NO. The molecule has 2 nitrogen and oxygen atoms in total. The first-order valence-electron chi connectivity index (χ1n) is 4.71. The van der Waals surface area contributed by atoms with E-state index < -0.39 is 0 Å². The molecule has 1 aromatic rings. The van der Waals surface area contributed by atoms with Gasteiger partial charge in [0.15, 0.2) is 0 Å². The lowest BCUT2D eigenvalue weighted by atomic mass is 9.96. The molecule has 1 N–H and O–H groups in total. The van der Waals surface area contributed by atoms with Crippen LogP contribution in [-0.2, 0) is 24.3 Å². The number of rotatable bonds is 2. The van der Waals surface area contributed by atoms with E-state index in [1.807, 2.05) is 0 Å². The van der Waals surface area contributed by atoms with E-state index in [1.54, 1.807) is 7.11 Å². The van der Waals surface area contributed by atoms with Crippen LogP contribution in [0.25, 0.3) is 0 Å². The van der Waals surface area contributed by atoms with Gasteiger partial charge >= 0.3 is 0 Å². The summed E-state index contributed by atoms with van der Waals surface area (Å²) in [5.74, 6) is 0. The first-order chi connectivity index (χ1) is 6.42. The fourth-order valence-electron chi connectivity index (χ4n) is 1.90. The molecule has 70 valence electrons. The normalized spacial score (nSPS) is 15.5. The van der Waals surface area contributed by atoms with Crippen LogP contribution < -0.4 is 5.32 Å². The molecule has 0 saturated carbocycles. The summed E-state index contributed by atoms with van der Waals surface area (Å²) in [6.07, 6.45) is 1.13. The zero-order valence-corrected chi connectivity index (χ0v) is 7.97. The zero-order chi connectivity index (χ0) is 9.10. The SMILES string of the molecule is COCc1cccc2c1CCNC2. The van der Waals surface area contributed by atoms with E-state index in [1.165, 1.54) is 16.7 Å². The molecule has 2 heteroatoms. The number of fused-ring (bicyclic) bond motifs is 1. The summed E-state index contributed by atoms with van der Waals surface area (Å²) in [6, 6.07) is 6.47. The third-order valence-corrected chi connectivity index (χ3v) is 2.54. The predicted molar refractivity (Wildman–Crippen MR) is 52.6 cm³/mol. The summed E-state index contributed by atoms with van der Waals surface area (Å²) in [5.41, 5.74) is 4.27. The molecule has 1 aromatic carbocycles. The van der Waals surface area contributed by atoms with Gasteiger partial charge in [0, 0.05) is 13.7 Å². The smallest absolute Gasteiger partial charge is 0.0715 e. The molecule has 13 heavy (non-hydrogen) atoms. The minimum atomic E-state index is 0.739. The molecule has 0 aromatic heterocycles. The van der Waals surface area contributed by atoms with Gasteiger partial charge in [0.05, 0.1) is 6.61 Å². The maximum absolute atomic E-state index is 5.17. The summed E-state index contributed by atoms with van der Waals surface area (Å²) < 4.78 is 5.17. The van der Waals surface area contributed by atoms with Gasteiger partial charge in [0.25, 0.3) is 0 Å². The standard InChI is InChI=1S/C11H15NO/c1-13-8-10-4-2-3-9-7-12-6-5-11(9)10/h2-4,12H,5-8H2,1H3. The molecule has 0 bridgehead atoms. The Balaban J connectivity index is 2.34. The Morgan fingerprint density at radius 2 is 2.38 bits per heavy atom. The van der Waals surface area contributed by atoms with Crippen LogP contribution in [0.3, 0.4) is 0 Å². The van der Waals surface area contributed by atoms with E-state index in [0.717, 1.165) is 26.1 Å². The minimum Gasteiger partial charge on any atom is -0.380 e. The Kier molecular flexibility index (Phi) is 2.62. The molecule has 0 unspecified atom stereocenters. The second-order valence-corrected chi connectivity index (χ2v) is 3.41. The number of methoxy groups -OCH3 is 1. The third-order valence-electron chi connectivity index (χ3n) is 2.54. The largest absolute Gasteiger partial charge is 0.380 e. The van der Waals surface area contributed by atoms with Crippen LogP contribution in [0.1, 0.15) is 16.7 Å². The van der Waals surface area contributed by atoms with Gasteiger partial charge in [-0.25, -0.2) is 0 Å². The fraction of sp³-hybridized carbons (Fsp3) is 0.455. The van der Waals surface area contributed by atoms with E-state index in [2.05, 4.69) is 23.5 Å². The molecule has 0 spiro atoms. The van der Waals surface area contributed by atoms with Crippen molar-refractivity contribution in [3.63, 3.8) is 0 Å². The van der Waals surface area contributed by atoms with Crippen molar-refractivity contribution in [1.82, 2.24) is 5.32 Å². The Bertz CT molecular complexity index is 296. The van der Waals surface area contributed by atoms with Gasteiger partial charge in [-0.3, -0.25) is 0 Å². The maximum Gasteiger partial charge on any atom is 0.0715 e. The first-order valence-corrected chi connectivity index (χ1v) is 4.71. The van der Waals surface area contributed by atoms with E-state index in [4.69, 9.17) is 4.74 Å². The summed E-state index contributed by atoms with van der Waals surface area (Å²) in [4.78, 5) is 0. The number of ether oxygens (including phenoxy) is 1.